The Morgan fingerprint density at radius 1 is 0.903 bits per heavy atom. The van der Waals surface area contributed by atoms with Gasteiger partial charge in [-0.3, -0.25) is 4.79 Å². The van der Waals surface area contributed by atoms with E-state index in [1.807, 2.05) is 30.3 Å². The number of rotatable bonds is 11. The minimum Gasteiger partial charge on any atom is -0.486 e. The van der Waals surface area contributed by atoms with Crippen molar-refractivity contribution >= 4 is 5.97 Å². The van der Waals surface area contributed by atoms with Crippen molar-refractivity contribution in [3.05, 3.63) is 102 Å². The van der Waals surface area contributed by atoms with Gasteiger partial charge >= 0.3 is 5.97 Å². The first-order valence-electron chi connectivity index (χ1n) is 10.1. The van der Waals surface area contributed by atoms with Crippen LogP contribution in [0.15, 0.2) is 84.9 Å². The molecule has 0 aliphatic carbocycles. The second kappa shape index (κ2) is 10.7. The van der Waals surface area contributed by atoms with Crippen LogP contribution in [-0.4, -0.2) is 24.2 Å². The number of benzene rings is 3. The Morgan fingerprint density at radius 2 is 1.48 bits per heavy atom. The van der Waals surface area contributed by atoms with Gasteiger partial charge in [0.2, 0.25) is 0 Å². The topological polar surface area (TPSA) is 58.6 Å². The molecule has 0 amide bonds. The van der Waals surface area contributed by atoms with Crippen LogP contribution in [0.2, 0.25) is 0 Å². The van der Waals surface area contributed by atoms with E-state index in [1.54, 1.807) is 30.3 Å². The largest absolute Gasteiger partial charge is 0.486 e. The van der Waals surface area contributed by atoms with E-state index in [9.17, 15) is 13.6 Å². The lowest BCUT2D eigenvalue weighted by Crippen LogP contribution is -2.24. The summed E-state index contributed by atoms with van der Waals surface area (Å²) in [7, 11) is 0. The van der Waals surface area contributed by atoms with Crippen molar-refractivity contribution in [2.24, 2.45) is 0 Å². The number of aliphatic carboxylic acids is 1. The second-order valence-electron chi connectivity index (χ2n) is 7.19. The first kappa shape index (κ1) is 22.4. The van der Waals surface area contributed by atoms with Crippen LogP contribution in [0.3, 0.4) is 0 Å². The first-order chi connectivity index (χ1) is 15.0. The molecule has 0 heterocycles. The predicted molar refractivity (Wildman–Crippen MR) is 115 cm³/mol. The fourth-order valence-corrected chi connectivity index (χ4v) is 3.29. The van der Waals surface area contributed by atoms with E-state index in [0.29, 0.717) is 25.1 Å². The van der Waals surface area contributed by atoms with E-state index in [1.165, 1.54) is 24.3 Å². The Morgan fingerprint density at radius 3 is 2.10 bits per heavy atom. The molecule has 2 N–H and O–H groups in total. The number of hydrogen-bond acceptors (Lipinski definition) is 3. The maximum Gasteiger partial charge on any atom is 0.317 e. The number of hydrogen-bond donors (Lipinski definition) is 2. The van der Waals surface area contributed by atoms with Gasteiger partial charge < -0.3 is 15.2 Å². The smallest absolute Gasteiger partial charge is 0.317 e. The van der Waals surface area contributed by atoms with Crippen molar-refractivity contribution < 1.29 is 23.4 Å². The molecule has 0 saturated carbocycles. The van der Waals surface area contributed by atoms with E-state index < -0.39 is 11.9 Å². The minimum atomic E-state index is -3.09. The van der Waals surface area contributed by atoms with Crippen LogP contribution in [0.4, 0.5) is 8.78 Å². The quantitative estimate of drug-likeness (QED) is 0.404. The van der Waals surface area contributed by atoms with Crippen molar-refractivity contribution in [2.75, 3.05) is 13.1 Å². The van der Waals surface area contributed by atoms with E-state index >= 15 is 0 Å². The summed E-state index contributed by atoms with van der Waals surface area (Å²) in [6, 6.07) is 23.3. The molecule has 0 saturated heterocycles. The highest BCUT2D eigenvalue weighted by atomic mass is 19.3. The lowest BCUT2D eigenvalue weighted by atomic mass is 10.0. The second-order valence-corrected chi connectivity index (χ2v) is 7.19. The molecule has 1 atom stereocenters. The third-order valence-corrected chi connectivity index (χ3v) is 4.90. The Kier molecular flexibility index (Phi) is 7.73. The van der Waals surface area contributed by atoms with Crippen LogP contribution >= 0.6 is 0 Å². The lowest BCUT2D eigenvalue weighted by molar-refractivity contribution is -0.135. The molecule has 4 nitrogen and oxygen atoms in total. The number of carboxylic acid groups (broad SMARTS) is 1. The highest BCUT2D eigenvalue weighted by Crippen LogP contribution is 2.36. The van der Waals surface area contributed by atoms with Crippen LogP contribution in [0.25, 0.3) is 0 Å². The molecule has 0 fully saturated rings. The van der Waals surface area contributed by atoms with E-state index in [4.69, 9.17) is 9.84 Å². The summed E-state index contributed by atoms with van der Waals surface area (Å²) < 4.78 is 35.6. The molecule has 31 heavy (non-hydrogen) atoms. The number of ether oxygens (including phenoxy) is 1. The monoisotopic (exact) mass is 425 g/mol. The van der Waals surface area contributed by atoms with Crippen LogP contribution in [0, 0.1) is 0 Å². The van der Waals surface area contributed by atoms with Crippen molar-refractivity contribution in [2.45, 2.75) is 24.9 Å². The van der Waals surface area contributed by atoms with Crippen LogP contribution in [-0.2, 0) is 10.7 Å². The van der Waals surface area contributed by atoms with Gasteiger partial charge in [0.15, 0.2) is 0 Å². The average Bonchev–Trinajstić information content (AvgIpc) is 2.79. The minimum absolute atomic E-state index is 0.0558. The zero-order chi connectivity index (χ0) is 22.1. The molecule has 0 aliphatic rings. The van der Waals surface area contributed by atoms with E-state index in [0.717, 1.165) is 5.56 Å². The number of carboxylic acids is 1. The molecule has 0 bridgehead atoms. The standard InChI is InChI=1S/C25H25F2NO3/c26-25(27,20-10-5-2-6-11-20)21-13-15-22(16-14-21)31-23(19-8-3-1-4-9-19)12-7-17-28-18-24(29)30/h1-6,8-11,13-16,23,28H,7,12,17-18H2,(H,29,30). The highest BCUT2D eigenvalue weighted by molar-refractivity contribution is 5.68. The summed E-state index contributed by atoms with van der Waals surface area (Å²) in [6.07, 6.45) is 1.09. The van der Waals surface area contributed by atoms with Gasteiger partial charge in [-0.1, -0.05) is 60.7 Å². The van der Waals surface area contributed by atoms with Crippen LogP contribution in [0.5, 0.6) is 5.75 Å². The molecular formula is C25H25F2NO3. The van der Waals surface area contributed by atoms with Crippen molar-refractivity contribution in [1.29, 1.82) is 0 Å². The lowest BCUT2D eigenvalue weighted by Gasteiger charge is -2.21. The van der Waals surface area contributed by atoms with Gasteiger partial charge in [-0.25, -0.2) is 0 Å². The molecule has 3 aromatic carbocycles. The number of carbonyl (C=O) groups is 1. The molecule has 0 radical (unpaired) electrons. The first-order valence-corrected chi connectivity index (χ1v) is 10.1. The van der Waals surface area contributed by atoms with Gasteiger partial charge in [0.1, 0.15) is 11.9 Å². The molecule has 3 aromatic rings. The Labute approximate surface area is 180 Å². The molecule has 162 valence electrons. The molecule has 6 heteroatoms. The summed E-state index contributed by atoms with van der Waals surface area (Å²) in [4.78, 5) is 10.6. The summed E-state index contributed by atoms with van der Waals surface area (Å²) in [5, 5.41) is 11.6. The molecule has 0 aliphatic heterocycles. The van der Waals surface area contributed by atoms with Crippen LogP contribution in [0.1, 0.15) is 35.6 Å². The normalized spacial score (nSPS) is 12.3. The maximum absolute atomic E-state index is 14.8. The number of nitrogens with one attached hydrogen (secondary N) is 1. The number of halogens is 2. The van der Waals surface area contributed by atoms with Gasteiger partial charge in [0.25, 0.3) is 5.92 Å². The van der Waals surface area contributed by atoms with E-state index in [-0.39, 0.29) is 23.8 Å². The fraction of sp³-hybridized carbons (Fsp3) is 0.240. The SMILES string of the molecule is O=C(O)CNCCCC(Oc1ccc(C(F)(F)c2ccccc2)cc1)c1ccccc1. The van der Waals surface area contributed by atoms with Gasteiger partial charge in [-0.2, -0.15) is 8.78 Å². The van der Waals surface area contributed by atoms with Crippen molar-refractivity contribution in [3.8, 4) is 5.75 Å². The van der Waals surface area contributed by atoms with Crippen LogP contribution < -0.4 is 10.1 Å². The third-order valence-electron chi connectivity index (χ3n) is 4.90. The van der Waals surface area contributed by atoms with E-state index in [2.05, 4.69) is 5.32 Å². The Bertz CT molecular complexity index is 948. The number of alkyl halides is 2. The van der Waals surface area contributed by atoms with Gasteiger partial charge in [-0.15, -0.1) is 0 Å². The third kappa shape index (κ3) is 6.36. The van der Waals surface area contributed by atoms with Crippen molar-refractivity contribution in [3.63, 3.8) is 0 Å². The molecular weight excluding hydrogens is 400 g/mol. The average molecular weight is 425 g/mol. The molecule has 1 unspecified atom stereocenters. The molecule has 0 aromatic heterocycles. The maximum atomic E-state index is 14.8. The van der Waals surface area contributed by atoms with Gasteiger partial charge in [0, 0.05) is 11.1 Å². The fourth-order valence-electron chi connectivity index (χ4n) is 3.29. The van der Waals surface area contributed by atoms with Gasteiger partial charge in [0.05, 0.1) is 6.54 Å². The summed E-state index contributed by atoms with van der Waals surface area (Å²) >= 11 is 0. The summed E-state index contributed by atoms with van der Waals surface area (Å²) in [6.45, 7) is 0.454. The summed E-state index contributed by atoms with van der Waals surface area (Å²) in [5.41, 5.74) is 0.819. The Balaban J connectivity index is 1.68. The Hall–Kier alpha value is -3.25. The molecule has 3 rings (SSSR count). The van der Waals surface area contributed by atoms with Gasteiger partial charge in [-0.05, 0) is 49.2 Å². The zero-order valence-electron chi connectivity index (χ0n) is 17.0. The molecule has 0 spiro atoms. The zero-order valence-corrected chi connectivity index (χ0v) is 17.0. The predicted octanol–water partition coefficient (Wildman–Crippen LogP) is 5.40. The summed E-state index contributed by atoms with van der Waals surface area (Å²) in [5.74, 6) is -3.49. The highest BCUT2D eigenvalue weighted by Gasteiger charge is 2.33. The van der Waals surface area contributed by atoms with Crippen molar-refractivity contribution in [1.82, 2.24) is 5.32 Å².